The summed E-state index contributed by atoms with van der Waals surface area (Å²) in [5.41, 5.74) is 0. The number of rotatable bonds is 2. The van der Waals surface area contributed by atoms with Gasteiger partial charge >= 0.3 is 0 Å². The molecule has 0 rings (SSSR count). The molecule has 0 radical (unpaired) electrons. The van der Waals surface area contributed by atoms with Crippen LogP contribution in [0.5, 0.6) is 0 Å². The molecule has 0 saturated heterocycles. The molecule has 0 unspecified atom stereocenters. The maximum atomic E-state index is 10.3. The molecule has 5 nitrogen and oxygen atoms in total. The average molecular weight is 246 g/mol. The SMILES string of the molecule is CC(C)S(=O)(=O)O.CC(C)S(C)(=O)=O. The molecular weight excluding hydrogens is 228 g/mol. The fraction of sp³-hybridized carbons (Fsp3) is 1.00. The number of hydrogen-bond acceptors (Lipinski definition) is 4. The molecule has 0 bridgehead atoms. The predicted octanol–water partition coefficient (Wildman–Crippen LogP) is 0.722. The molecule has 0 saturated carbocycles. The van der Waals surface area contributed by atoms with Crippen molar-refractivity contribution in [3.63, 3.8) is 0 Å². The minimum absolute atomic E-state index is 0.229. The molecule has 1 N–H and O–H groups in total. The lowest BCUT2D eigenvalue weighted by Gasteiger charge is -1.96. The van der Waals surface area contributed by atoms with Gasteiger partial charge in [-0.25, -0.2) is 8.42 Å². The van der Waals surface area contributed by atoms with Gasteiger partial charge in [0, 0.05) is 6.26 Å². The summed E-state index contributed by atoms with van der Waals surface area (Å²) >= 11 is 0. The number of sulfone groups is 1. The minimum atomic E-state index is -3.74. The molecule has 0 aromatic heterocycles. The molecule has 0 aliphatic carbocycles. The Morgan fingerprint density at radius 2 is 1.00 bits per heavy atom. The summed E-state index contributed by atoms with van der Waals surface area (Å²) in [6.07, 6.45) is 1.23. The van der Waals surface area contributed by atoms with E-state index in [1.54, 1.807) is 13.8 Å². The van der Waals surface area contributed by atoms with Gasteiger partial charge < -0.3 is 0 Å². The largest absolute Gasteiger partial charge is 0.285 e. The molecule has 0 aromatic carbocycles. The summed E-state index contributed by atoms with van der Waals surface area (Å²) in [7, 11) is -6.48. The third-order valence-corrected chi connectivity index (χ3v) is 4.36. The second-order valence-electron chi connectivity index (χ2n) is 3.44. The van der Waals surface area contributed by atoms with Crippen molar-refractivity contribution in [3.8, 4) is 0 Å². The van der Waals surface area contributed by atoms with Crippen molar-refractivity contribution in [3.05, 3.63) is 0 Å². The van der Waals surface area contributed by atoms with E-state index >= 15 is 0 Å². The van der Waals surface area contributed by atoms with Gasteiger partial charge in [0.25, 0.3) is 10.1 Å². The molecule has 0 aliphatic rings. The first kappa shape index (κ1) is 16.3. The van der Waals surface area contributed by atoms with Gasteiger partial charge in [-0.2, -0.15) is 8.42 Å². The van der Waals surface area contributed by atoms with E-state index in [1.165, 1.54) is 20.1 Å². The van der Waals surface area contributed by atoms with Crippen LogP contribution in [0.25, 0.3) is 0 Å². The maximum Gasteiger partial charge on any atom is 0.267 e. The zero-order valence-electron chi connectivity index (χ0n) is 9.05. The molecule has 0 heterocycles. The lowest BCUT2D eigenvalue weighted by molar-refractivity contribution is 0.473. The highest BCUT2D eigenvalue weighted by molar-refractivity contribution is 7.91. The monoisotopic (exact) mass is 246 g/mol. The maximum absolute atomic E-state index is 10.3. The van der Waals surface area contributed by atoms with Crippen LogP contribution in [0, 0.1) is 0 Å². The summed E-state index contributed by atoms with van der Waals surface area (Å²) in [5, 5.41) is -0.903. The second kappa shape index (κ2) is 5.67. The van der Waals surface area contributed by atoms with Crippen molar-refractivity contribution >= 4 is 20.0 Å². The van der Waals surface area contributed by atoms with Crippen LogP contribution in [-0.2, 0) is 20.0 Å². The summed E-state index contributed by atoms with van der Waals surface area (Å²) in [6, 6.07) is 0. The van der Waals surface area contributed by atoms with Crippen molar-refractivity contribution < 1.29 is 21.4 Å². The quantitative estimate of drug-likeness (QED) is 0.725. The lowest BCUT2D eigenvalue weighted by atomic mass is 10.6. The standard InChI is InChI=1S/C4H10O2S.C3H8O3S/c1-4(2)7(3,5)6;1-3(2)7(4,5)6/h4H,1-3H3;3H,1-2H3,(H,4,5,6). The van der Waals surface area contributed by atoms with Gasteiger partial charge in [0.05, 0.1) is 10.5 Å². The van der Waals surface area contributed by atoms with E-state index in [4.69, 9.17) is 4.55 Å². The topological polar surface area (TPSA) is 88.5 Å². The molecule has 0 spiro atoms. The molecule has 0 aliphatic heterocycles. The van der Waals surface area contributed by atoms with Crippen molar-refractivity contribution in [2.45, 2.75) is 38.2 Å². The van der Waals surface area contributed by atoms with E-state index in [1.807, 2.05) is 0 Å². The van der Waals surface area contributed by atoms with Gasteiger partial charge in [0.1, 0.15) is 9.84 Å². The van der Waals surface area contributed by atoms with Crippen LogP contribution in [0.2, 0.25) is 0 Å². The van der Waals surface area contributed by atoms with E-state index in [-0.39, 0.29) is 5.25 Å². The van der Waals surface area contributed by atoms with E-state index in [2.05, 4.69) is 0 Å². The first-order valence-electron chi connectivity index (χ1n) is 4.04. The Balaban J connectivity index is 0. The summed E-state index contributed by atoms with van der Waals surface area (Å²) in [4.78, 5) is 0. The van der Waals surface area contributed by atoms with E-state index in [9.17, 15) is 16.8 Å². The Labute approximate surface area is 86.2 Å². The summed E-state index contributed by atoms with van der Waals surface area (Å²) < 4.78 is 48.5. The molecule has 0 amide bonds. The zero-order valence-corrected chi connectivity index (χ0v) is 10.7. The van der Waals surface area contributed by atoms with Crippen LogP contribution in [0.1, 0.15) is 27.7 Å². The van der Waals surface area contributed by atoms with Gasteiger partial charge in [-0.15, -0.1) is 0 Å². The van der Waals surface area contributed by atoms with E-state index in [0.717, 1.165) is 0 Å². The second-order valence-corrected chi connectivity index (χ2v) is 8.02. The van der Waals surface area contributed by atoms with Crippen molar-refractivity contribution in [2.24, 2.45) is 0 Å². The first-order valence-corrected chi connectivity index (χ1v) is 7.50. The van der Waals surface area contributed by atoms with Gasteiger partial charge in [-0.05, 0) is 27.7 Å². The van der Waals surface area contributed by atoms with E-state index < -0.39 is 25.2 Å². The van der Waals surface area contributed by atoms with Gasteiger partial charge in [0.15, 0.2) is 0 Å². The Hall–Kier alpha value is -0.140. The minimum Gasteiger partial charge on any atom is -0.285 e. The van der Waals surface area contributed by atoms with Crippen LogP contribution in [0.3, 0.4) is 0 Å². The van der Waals surface area contributed by atoms with Crippen LogP contribution < -0.4 is 0 Å². The first-order chi connectivity index (χ1) is 5.89. The third-order valence-electron chi connectivity index (χ3n) is 1.45. The molecule has 0 atom stereocenters. The zero-order chi connectivity index (χ0) is 12.2. The van der Waals surface area contributed by atoms with Gasteiger partial charge in [0.2, 0.25) is 0 Å². The lowest BCUT2D eigenvalue weighted by Crippen LogP contribution is -2.10. The number of hydrogen-bond donors (Lipinski definition) is 1. The Morgan fingerprint density at radius 1 is 0.857 bits per heavy atom. The molecule has 14 heavy (non-hydrogen) atoms. The van der Waals surface area contributed by atoms with Crippen LogP contribution in [0.4, 0.5) is 0 Å². The third kappa shape index (κ3) is 9.94. The fourth-order valence-corrected chi connectivity index (χ4v) is 0. The highest BCUT2D eigenvalue weighted by Gasteiger charge is 2.08. The Kier molecular flexibility index (Phi) is 6.60. The van der Waals surface area contributed by atoms with Crippen LogP contribution >= 0.6 is 0 Å². The van der Waals surface area contributed by atoms with Crippen LogP contribution in [0.15, 0.2) is 0 Å². The summed E-state index contributed by atoms with van der Waals surface area (Å²) in [5.74, 6) is 0. The molecule has 0 aromatic rings. The Bertz CT molecular complexity index is 300. The highest BCUT2D eigenvalue weighted by atomic mass is 32.2. The van der Waals surface area contributed by atoms with Crippen molar-refractivity contribution in [1.29, 1.82) is 0 Å². The average Bonchev–Trinajstić information content (AvgIpc) is 1.83. The van der Waals surface area contributed by atoms with Crippen molar-refractivity contribution in [2.75, 3.05) is 6.26 Å². The molecule has 7 heteroatoms. The molecular formula is C7H18O5S2. The summed E-state index contributed by atoms with van der Waals surface area (Å²) in [6.45, 7) is 6.15. The van der Waals surface area contributed by atoms with E-state index in [0.29, 0.717) is 0 Å². The van der Waals surface area contributed by atoms with Gasteiger partial charge in [-0.1, -0.05) is 0 Å². The predicted molar refractivity (Wildman–Crippen MR) is 56.7 cm³/mol. The smallest absolute Gasteiger partial charge is 0.267 e. The molecule has 88 valence electrons. The fourth-order valence-electron chi connectivity index (χ4n) is 0. The van der Waals surface area contributed by atoms with Gasteiger partial charge in [-0.3, -0.25) is 4.55 Å². The molecule has 0 fully saturated rings. The van der Waals surface area contributed by atoms with Crippen molar-refractivity contribution in [1.82, 2.24) is 0 Å². The Morgan fingerprint density at radius 3 is 1.00 bits per heavy atom. The van der Waals surface area contributed by atoms with Crippen LogP contribution in [-0.4, -0.2) is 38.1 Å². The highest BCUT2D eigenvalue weighted by Crippen LogP contribution is 1.92. The normalized spacial score (nSPS) is 12.6.